The zero-order valence-electron chi connectivity index (χ0n) is 18.6. The number of hydrogen-bond donors (Lipinski definition) is 0. The third kappa shape index (κ3) is 6.94. The van der Waals surface area contributed by atoms with Crippen LogP contribution in [0.15, 0.2) is 24.3 Å². The lowest BCUT2D eigenvalue weighted by molar-refractivity contribution is -0.140. The summed E-state index contributed by atoms with van der Waals surface area (Å²) in [4.78, 5) is 22.8. The smallest absolute Gasteiger partial charge is 0.224 e. The minimum absolute atomic E-state index is 0.207. The van der Waals surface area contributed by atoms with Gasteiger partial charge in [0.1, 0.15) is 5.75 Å². The van der Waals surface area contributed by atoms with Crippen molar-refractivity contribution in [2.24, 2.45) is 5.92 Å². The molecule has 7 heteroatoms. The molecule has 2 fully saturated rings. The SMILES string of the molecule is COCCN(CC1CCN(Cc2ccccc2OC)CC1)C(=O)CCN1CCCO1. The Balaban J connectivity index is 1.45. The molecule has 168 valence electrons. The van der Waals surface area contributed by atoms with Crippen LogP contribution >= 0.6 is 0 Å². The van der Waals surface area contributed by atoms with Crippen LogP contribution in [-0.4, -0.2) is 87.5 Å². The molecule has 0 aliphatic carbocycles. The Labute approximate surface area is 180 Å². The largest absolute Gasteiger partial charge is 0.496 e. The number of para-hydroxylation sites is 1. The van der Waals surface area contributed by atoms with E-state index in [1.165, 1.54) is 5.56 Å². The van der Waals surface area contributed by atoms with Crippen LogP contribution in [0.4, 0.5) is 0 Å². The van der Waals surface area contributed by atoms with Gasteiger partial charge in [-0.25, -0.2) is 0 Å². The summed E-state index contributed by atoms with van der Waals surface area (Å²) >= 11 is 0. The quantitative estimate of drug-likeness (QED) is 0.549. The Morgan fingerprint density at radius 3 is 2.70 bits per heavy atom. The van der Waals surface area contributed by atoms with E-state index in [4.69, 9.17) is 14.3 Å². The van der Waals surface area contributed by atoms with Crippen LogP contribution in [-0.2, 0) is 20.9 Å². The molecule has 7 nitrogen and oxygen atoms in total. The highest BCUT2D eigenvalue weighted by atomic mass is 16.7. The van der Waals surface area contributed by atoms with Crippen molar-refractivity contribution in [2.45, 2.75) is 32.2 Å². The fourth-order valence-electron chi connectivity index (χ4n) is 4.29. The van der Waals surface area contributed by atoms with Crippen molar-refractivity contribution >= 4 is 5.91 Å². The van der Waals surface area contributed by atoms with Crippen molar-refractivity contribution in [3.05, 3.63) is 29.8 Å². The standard InChI is InChI=1S/C23H37N3O4/c1-28-17-15-25(23(27)10-14-26-11-5-16-30-26)18-20-8-12-24(13-9-20)19-21-6-3-4-7-22(21)29-2/h3-4,6-7,20H,5,8-19H2,1-2H3. The Bertz CT molecular complexity index is 643. The lowest BCUT2D eigenvalue weighted by Crippen LogP contribution is -2.42. The number of methoxy groups -OCH3 is 2. The summed E-state index contributed by atoms with van der Waals surface area (Å²) in [5, 5.41) is 1.92. The van der Waals surface area contributed by atoms with Crippen LogP contribution in [0.5, 0.6) is 5.75 Å². The molecule has 0 aromatic heterocycles. The van der Waals surface area contributed by atoms with Gasteiger partial charge in [0.15, 0.2) is 0 Å². The molecule has 0 unspecified atom stereocenters. The molecule has 0 saturated carbocycles. The van der Waals surface area contributed by atoms with Gasteiger partial charge in [-0.1, -0.05) is 18.2 Å². The number of nitrogens with zero attached hydrogens (tertiary/aromatic N) is 3. The van der Waals surface area contributed by atoms with Crippen LogP contribution in [0.25, 0.3) is 0 Å². The first-order chi connectivity index (χ1) is 14.7. The highest BCUT2D eigenvalue weighted by molar-refractivity contribution is 5.76. The molecule has 1 amide bonds. The molecule has 2 saturated heterocycles. The maximum atomic E-state index is 12.8. The molecule has 1 aromatic carbocycles. The highest BCUT2D eigenvalue weighted by Crippen LogP contribution is 2.24. The lowest BCUT2D eigenvalue weighted by Gasteiger charge is -2.35. The first-order valence-electron chi connectivity index (χ1n) is 11.2. The van der Waals surface area contributed by atoms with Gasteiger partial charge in [0.2, 0.25) is 5.91 Å². The van der Waals surface area contributed by atoms with Gasteiger partial charge in [-0.15, -0.1) is 0 Å². The van der Waals surface area contributed by atoms with E-state index in [-0.39, 0.29) is 5.91 Å². The number of piperidine rings is 1. The number of hydrogen-bond acceptors (Lipinski definition) is 6. The summed E-state index contributed by atoms with van der Waals surface area (Å²) < 4.78 is 10.7. The van der Waals surface area contributed by atoms with Crippen molar-refractivity contribution in [3.63, 3.8) is 0 Å². The Morgan fingerprint density at radius 2 is 2.00 bits per heavy atom. The second-order valence-electron chi connectivity index (χ2n) is 8.23. The number of hydroxylamine groups is 2. The van der Waals surface area contributed by atoms with Crippen molar-refractivity contribution in [2.75, 3.05) is 66.7 Å². The summed E-state index contributed by atoms with van der Waals surface area (Å²) in [5.41, 5.74) is 1.24. The van der Waals surface area contributed by atoms with Crippen LogP contribution < -0.4 is 4.74 Å². The molecule has 0 atom stereocenters. The number of likely N-dealkylation sites (tertiary alicyclic amines) is 1. The number of carbonyl (C=O) groups excluding carboxylic acids is 1. The van der Waals surface area contributed by atoms with Crippen LogP contribution in [0.1, 0.15) is 31.2 Å². The van der Waals surface area contributed by atoms with Gasteiger partial charge >= 0.3 is 0 Å². The molecule has 2 aliphatic rings. The molecule has 2 heterocycles. The summed E-state index contributed by atoms with van der Waals surface area (Å²) in [6.45, 7) is 7.47. The molecule has 2 aliphatic heterocycles. The number of amides is 1. The predicted molar refractivity (Wildman–Crippen MR) is 116 cm³/mol. The van der Waals surface area contributed by atoms with E-state index in [0.717, 1.165) is 64.3 Å². The summed E-state index contributed by atoms with van der Waals surface area (Å²) in [5.74, 6) is 1.71. The molecule has 1 aromatic rings. The van der Waals surface area contributed by atoms with E-state index in [9.17, 15) is 4.79 Å². The van der Waals surface area contributed by atoms with Crippen molar-refractivity contribution in [1.82, 2.24) is 14.9 Å². The number of benzene rings is 1. The monoisotopic (exact) mass is 419 g/mol. The van der Waals surface area contributed by atoms with E-state index in [1.807, 2.05) is 22.1 Å². The van der Waals surface area contributed by atoms with Gasteiger partial charge < -0.3 is 14.4 Å². The molecule has 0 bridgehead atoms. The van der Waals surface area contributed by atoms with E-state index >= 15 is 0 Å². The summed E-state index contributed by atoms with van der Waals surface area (Å²) in [6.07, 6.45) is 3.79. The molecular formula is C23H37N3O4. The summed E-state index contributed by atoms with van der Waals surface area (Å²) in [6, 6.07) is 8.24. The average molecular weight is 420 g/mol. The fraction of sp³-hybridized carbons (Fsp3) is 0.696. The van der Waals surface area contributed by atoms with E-state index < -0.39 is 0 Å². The minimum Gasteiger partial charge on any atom is -0.496 e. The van der Waals surface area contributed by atoms with Gasteiger partial charge in [0, 0.05) is 51.8 Å². The first-order valence-corrected chi connectivity index (χ1v) is 11.2. The van der Waals surface area contributed by atoms with Crippen molar-refractivity contribution in [3.8, 4) is 5.75 Å². The van der Waals surface area contributed by atoms with Crippen LogP contribution in [0, 0.1) is 5.92 Å². The Kier molecular flexibility index (Phi) is 9.39. The number of ether oxygens (including phenoxy) is 2. The highest BCUT2D eigenvalue weighted by Gasteiger charge is 2.25. The maximum Gasteiger partial charge on any atom is 0.224 e. The lowest BCUT2D eigenvalue weighted by atomic mass is 9.95. The van der Waals surface area contributed by atoms with Crippen LogP contribution in [0.2, 0.25) is 0 Å². The van der Waals surface area contributed by atoms with Gasteiger partial charge in [-0.2, -0.15) is 5.06 Å². The molecule has 0 radical (unpaired) electrons. The topological polar surface area (TPSA) is 54.5 Å². The van der Waals surface area contributed by atoms with Crippen LogP contribution in [0.3, 0.4) is 0 Å². The second kappa shape index (κ2) is 12.2. The van der Waals surface area contributed by atoms with Gasteiger partial charge in [-0.3, -0.25) is 14.5 Å². The van der Waals surface area contributed by atoms with Crippen molar-refractivity contribution in [1.29, 1.82) is 0 Å². The zero-order valence-corrected chi connectivity index (χ0v) is 18.6. The van der Waals surface area contributed by atoms with Crippen molar-refractivity contribution < 1.29 is 19.1 Å². The molecule has 30 heavy (non-hydrogen) atoms. The third-order valence-electron chi connectivity index (χ3n) is 6.09. The van der Waals surface area contributed by atoms with E-state index in [2.05, 4.69) is 17.0 Å². The van der Waals surface area contributed by atoms with Gasteiger partial charge in [-0.05, 0) is 44.3 Å². The zero-order chi connectivity index (χ0) is 21.2. The fourth-order valence-corrected chi connectivity index (χ4v) is 4.29. The molecule has 3 rings (SSSR count). The number of rotatable bonds is 11. The minimum atomic E-state index is 0.207. The van der Waals surface area contributed by atoms with E-state index in [0.29, 0.717) is 32.0 Å². The first kappa shape index (κ1) is 23.0. The van der Waals surface area contributed by atoms with Gasteiger partial charge in [0.05, 0.1) is 20.3 Å². The van der Waals surface area contributed by atoms with Gasteiger partial charge in [0.25, 0.3) is 0 Å². The predicted octanol–water partition coefficient (Wildman–Crippen LogP) is 2.41. The Morgan fingerprint density at radius 1 is 1.20 bits per heavy atom. The summed E-state index contributed by atoms with van der Waals surface area (Å²) in [7, 11) is 3.42. The molecule has 0 spiro atoms. The number of carbonyl (C=O) groups is 1. The van der Waals surface area contributed by atoms with E-state index in [1.54, 1.807) is 14.2 Å². The molecular weight excluding hydrogens is 382 g/mol. The average Bonchev–Trinajstić information content (AvgIpc) is 3.30. The Hall–Kier alpha value is -1.67. The maximum absolute atomic E-state index is 12.8. The molecule has 0 N–H and O–H groups in total. The third-order valence-corrected chi connectivity index (χ3v) is 6.09. The normalized spacial score (nSPS) is 18.6. The second-order valence-corrected chi connectivity index (χ2v) is 8.23.